The van der Waals surface area contributed by atoms with Crippen LogP contribution in [0.15, 0.2) is 35.3 Å². The largest absolute Gasteiger partial charge is 0.357 e. The zero-order valence-corrected chi connectivity index (χ0v) is 17.2. The van der Waals surface area contributed by atoms with Crippen LogP contribution in [0.5, 0.6) is 0 Å². The monoisotopic (exact) mass is 367 g/mol. The number of rotatable bonds is 8. The molecular formula is C22H33N5. The van der Waals surface area contributed by atoms with E-state index in [9.17, 15) is 0 Å². The molecule has 0 amide bonds. The van der Waals surface area contributed by atoms with Crippen molar-refractivity contribution in [2.24, 2.45) is 12.0 Å². The lowest BCUT2D eigenvalue weighted by Crippen LogP contribution is -2.41. The van der Waals surface area contributed by atoms with Crippen molar-refractivity contribution in [2.45, 2.75) is 58.4 Å². The Kier molecular flexibility index (Phi) is 6.19. The van der Waals surface area contributed by atoms with E-state index in [0.29, 0.717) is 6.54 Å². The van der Waals surface area contributed by atoms with Crippen LogP contribution in [0.3, 0.4) is 0 Å². The predicted octanol–water partition coefficient (Wildman–Crippen LogP) is 3.33. The molecule has 0 spiro atoms. The molecule has 1 aliphatic rings. The second kappa shape index (κ2) is 8.59. The molecule has 1 aromatic carbocycles. The van der Waals surface area contributed by atoms with Crippen molar-refractivity contribution in [1.29, 1.82) is 0 Å². The van der Waals surface area contributed by atoms with E-state index in [1.807, 2.05) is 11.7 Å². The van der Waals surface area contributed by atoms with Crippen LogP contribution in [0.2, 0.25) is 0 Å². The van der Waals surface area contributed by atoms with Crippen molar-refractivity contribution >= 4 is 5.96 Å². The molecule has 0 bridgehead atoms. The maximum Gasteiger partial charge on any atom is 0.191 e. The lowest BCUT2D eigenvalue weighted by molar-refractivity contribution is 0.645. The molecule has 1 aromatic heterocycles. The molecule has 1 aliphatic carbocycles. The van der Waals surface area contributed by atoms with Crippen LogP contribution in [0.1, 0.15) is 56.1 Å². The van der Waals surface area contributed by atoms with Gasteiger partial charge in [0.25, 0.3) is 0 Å². The summed E-state index contributed by atoms with van der Waals surface area (Å²) in [5, 5.41) is 11.6. The molecule has 1 fully saturated rings. The fourth-order valence-corrected chi connectivity index (χ4v) is 3.84. The molecule has 3 rings (SSSR count). The third-order valence-corrected chi connectivity index (χ3v) is 5.60. The summed E-state index contributed by atoms with van der Waals surface area (Å²) in [7, 11) is 2.03. The van der Waals surface area contributed by atoms with Crippen LogP contribution in [-0.2, 0) is 31.8 Å². The van der Waals surface area contributed by atoms with Gasteiger partial charge in [-0.1, -0.05) is 44.2 Å². The van der Waals surface area contributed by atoms with Crippen molar-refractivity contribution < 1.29 is 0 Å². The molecule has 0 aliphatic heterocycles. The first-order chi connectivity index (χ1) is 13.1. The molecule has 0 radical (unpaired) electrons. The molecule has 1 saturated carbocycles. The van der Waals surface area contributed by atoms with Gasteiger partial charge in [-0.2, -0.15) is 5.10 Å². The van der Waals surface area contributed by atoms with Gasteiger partial charge in [-0.05, 0) is 38.2 Å². The Morgan fingerprint density at radius 1 is 1.11 bits per heavy atom. The summed E-state index contributed by atoms with van der Waals surface area (Å²) in [6, 6.07) is 10.8. The first kappa shape index (κ1) is 19.5. The normalized spacial score (nSPS) is 15.6. The summed E-state index contributed by atoms with van der Waals surface area (Å²) in [6.45, 7) is 8.92. The fraction of sp³-hybridized carbons (Fsp3) is 0.545. The first-order valence-corrected chi connectivity index (χ1v) is 10.2. The summed E-state index contributed by atoms with van der Waals surface area (Å²) in [5.74, 6) is 0.896. The van der Waals surface area contributed by atoms with Gasteiger partial charge < -0.3 is 10.6 Å². The number of benzene rings is 1. The van der Waals surface area contributed by atoms with Crippen molar-refractivity contribution in [1.82, 2.24) is 20.4 Å². The highest BCUT2D eigenvalue weighted by molar-refractivity contribution is 5.80. The highest BCUT2D eigenvalue weighted by atomic mass is 15.3. The maximum atomic E-state index is 4.88. The minimum absolute atomic E-state index is 0.273. The maximum absolute atomic E-state index is 4.88. The third-order valence-electron chi connectivity index (χ3n) is 5.60. The Morgan fingerprint density at radius 2 is 1.85 bits per heavy atom. The molecule has 0 unspecified atom stereocenters. The number of guanidine groups is 1. The van der Waals surface area contributed by atoms with E-state index in [0.717, 1.165) is 37.6 Å². The summed E-state index contributed by atoms with van der Waals surface area (Å²) < 4.78 is 2.01. The molecule has 0 saturated heterocycles. The molecule has 2 N–H and O–H groups in total. The average Bonchev–Trinajstić information content (AvgIpc) is 3.42. The molecule has 2 aromatic rings. The van der Waals surface area contributed by atoms with Gasteiger partial charge in [0.15, 0.2) is 5.96 Å². The second-order valence-electron chi connectivity index (χ2n) is 7.40. The van der Waals surface area contributed by atoms with E-state index in [1.54, 1.807) is 0 Å². The molecule has 1 heterocycles. The quantitative estimate of drug-likeness (QED) is 0.556. The minimum Gasteiger partial charge on any atom is -0.357 e. The van der Waals surface area contributed by atoms with Crippen LogP contribution in [0, 0.1) is 0 Å². The Morgan fingerprint density at radius 3 is 2.44 bits per heavy atom. The Bertz CT molecular complexity index is 772. The lowest BCUT2D eigenvalue weighted by Gasteiger charge is -2.19. The molecule has 5 heteroatoms. The number of nitrogens with one attached hydrogen (secondary N) is 2. The van der Waals surface area contributed by atoms with Crippen LogP contribution in [-0.4, -0.2) is 28.8 Å². The molecule has 0 atom stereocenters. The number of nitrogens with zero attached hydrogens (tertiary/aromatic N) is 3. The summed E-state index contributed by atoms with van der Waals surface area (Å²) in [5.41, 5.74) is 5.44. The highest BCUT2D eigenvalue weighted by Gasteiger charge is 2.44. The molecular weight excluding hydrogens is 334 g/mol. The molecule has 27 heavy (non-hydrogen) atoms. The van der Waals surface area contributed by atoms with Crippen LogP contribution in [0.25, 0.3) is 0 Å². The zero-order chi connectivity index (χ0) is 19.3. The Hall–Kier alpha value is -2.30. The van der Waals surface area contributed by atoms with Crippen molar-refractivity contribution in [3.05, 3.63) is 52.8 Å². The molecule has 146 valence electrons. The van der Waals surface area contributed by atoms with Gasteiger partial charge in [-0.3, -0.25) is 4.68 Å². The van der Waals surface area contributed by atoms with Gasteiger partial charge in [0, 0.05) is 36.8 Å². The van der Waals surface area contributed by atoms with Crippen molar-refractivity contribution in [3.63, 3.8) is 0 Å². The minimum atomic E-state index is 0.273. The molecule has 5 nitrogen and oxygen atoms in total. The summed E-state index contributed by atoms with van der Waals surface area (Å²) in [4.78, 5) is 4.88. The van der Waals surface area contributed by atoms with Crippen molar-refractivity contribution in [3.8, 4) is 0 Å². The van der Waals surface area contributed by atoms with Gasteiger partial charge >= 0.3 is 0 Å². The second-order valence-corrected chi connectivity index (χ2v) is 7.40. The van der Waals surface area contributed by atoms with Gasteiger partial charge in [0.1, 0.15) is 0 Å². The van der Waals surface area contributed by atoms with E-state index in [2.05, 4.69) is 66.8 Å². The standard InChI is InChI=1S/C22H33N5/c1-5-19-18(20(6-2)27(4)26-19)15-24-21(23-7-3)25-16-22(13-14-22)17-11-9-8-10-12-17/h8-12H,5-7,13-16H2,1-4H3,(H2,23,24,25). The number of hydrogen-bond acceptors (Lipinski definition) is 2. The number of aliphatic imine (C=N–C) groups is 1. The van der Waals surface area contributed by atoms with Gasteiger partial charge in [0.2, 0.25) is 0 Å². The fourth-order valence-electron chi connectivity index (χ4n) is 3.84. The number of aromatic nitrogens is 2. The van der Waals surface area contributed by atoms with Crippen LogP contribution in [0.4, 0.5) is 0 Å². The lowest BCUT2D eigenvalue weighted by atomic mass is 9.96. The first-order valence-electron chi connectivity index (χ1n) is 10.2. The smallest absolute Gasteiger partial charge is 0.191 e. The summed E-state index contributed by atoms with van der Waals surface area (Å²) >= 11 is 0. The third kappa shape index (κ3) is 4.34. The van der Waals surface area contributed by atoms with E-state index < -0.39 is 0 Å². The SMILES string of the molecule is CCNC(=NCc1c(CC)nn(C)c1CC)NCC1(c2ccccc2)CC1. The average molecular weight is 368 g/mol. The summed E-state index contributed by atoms with van der Waals surface area (Å²) in [6.07, 6.45) is 4.41. The Labute approximate surface area is 163 Å². The topological polar surface area (TPSA) is 54.2 Å². The predicted molar refractivity (Wildman–Crippen MR) is 112 cm³/mol. The van der Waals surface area contributed by atoms with E-state index in [-0.39, 0.29) is 5.41 Å². The highest BCUT2D eigenvalue weighted by Crippen LogP contribution is 2.47. The van der Waals surface area contributed by atoms with Crippen LogP contribution < -0.4 is 10.6 Å². The van der Waals surface area contributed by atoms with E-state index in [4.69, 9.17) is 4.99 Å². The van der Waals surface area contributed by atoms with E-state index >= 15 is 0 Å². The zero-order valence-electron chi connectivity index (χ0n) is 17.2. The number of aryl methyl sites for hydroxylation is 2. The van der Waals surface area contributed by atoms with Gasteiger partial charge in [0.05, 0.1) is 12.2 Å². The Balaban J connectivity index is 1.71. The van der Waals surface area contributed by atoms with Crippen molar-refractivity contribution in [2.75, 3.05) is 13.1 Å². The van der Waals surface area contributed by atoms with Crippen LogP contribution >= 0.6 is 0 Å². The number of hydrogen-bond donors (Lipinski definition) is 2. The van der Waals surface area contributed by atoms with Gasteiger partial charge in [-0.25, -0.2) is 4.99 Å². The van der Waals surface area contributed by atoms with Gasteiger partial charge in [-0.15, -0.1) is 0 Å². The van der Waals surface area contributed by atoms with E-state index in [1.165, 1.54) is 29.7 Å².